The predicted octanol–water partition coefficient (Wildman–Crippen LogP) is 2.49. The molecule has 0 aromatic heterocycles. The second-order valence-corrected chi connectivity index (χ2v) is 4.27. The van der Waals surface area contributed by atoms with Gasteiger partial charge in [0.25, 0.3) is 0 Å². The molecular weight excluding hydrogens is 226 g/mol. The van der Waals surface area contributed by atoms with Gasteiger partial charge in [0, 0.05) is 10.6 Å². The maximum Gasteiger partial charge on any atom is 0.189 e. The Morgan fingerprint density at radius 2 is 2.19 bits per heavy atom. The normalized spacial score (nSPS) is 14.4. The minimum absolute atomic E-state index is 0.330. The first-order valence-electron chi connectivity index (χ1n) is 5.54. The summed E-state index contributed by atoms with van der Waals surface area (Å²) in [7, 11) is 0. The van der Waals surface area contributed by atoms with Crippen molar-refractivity contribution in [3.8, 4) is 5.75 Å². The van der Waals surface area contributed by atoms with Crippen molar-refractivity contribution in [3.63, 3.8) is 0 Å². The number of hydrogen-bond donors (Lipinski definition) is 1. The van der Waals surface area contributed by atoms with Gasteiger partial charge in [-0.2, -0.15) is 0 Å². The Morgan fingerprint density at radius 1 is 1.31 bits per heavy atom. The molecule has 0 unspecified atom stereocenters. The molecule has 0 amide bonds. The molecule has 16 heavy (non-hydrogen) atoms. The van der Waals surface area contributed by atoms with Gasteiger partial charge in [-0.15, -0.1) is 0 Å². The first kappa shape index (κ1) is 11.7. The Labute approximate surface area is 100 Å². The molecule has 0 radical (unpaired) electrons. The van der Waals surface area contributed by atoms with Crippen molar-refractivity contribution in [3.05, 3.63) is 28.3 Å². The molecule has 4 heteroatoms. The van der Waals surface area contributed by atoms with Crippen LogP contribution in [-0.4, -0.2) is 13.3 Å². The summed E-state index contributed by atoms with van der Waals surface area (Å²) in [5.74, 6) is 0.901. The fourth-order valence-electron chi connectivity index (χ4n) is 1.90. The third-order valence-corrected chi connectivity index (χ3v) is 3.11. The zero-order valence-electron chi connectivity index (χ0n) is 9.17. The number of halogens is 1. The number of benzene rings is 1. The second-order valence-electron chi connectivity index (χ2n) is 3.86. The summed E-state index contributed by atoms with van der Waals surface area (Å²) in [5, 5.41) is 0.796. The van der Waals surface area contributed by atoms with E-state index in [0.29, 0.717) is 13.4 Å². The Hall–Kier alpha value is -0.770. The molecule has 0 bridgehead atoms. The molecule has 1 heterocycles. The molecule has 1 aliphatic heterocycles. The maximum atomic E-state index is 6.20. The van der Waals surface area contributed by atoms with E-state index in [1.807, 2.05) is 12.1 Å². The molecule has 2 N–H and O–H groups in total. The van der Waals surface area contributed by atoms with Crippen molar-refractivity contribution in [2.45, 2.75) is 25.9 Å². The standard InChI is InChI=1S/C12H16ClNO2/c13-11-4-5-12-10(7-15-8-16-12)9(11)3-1-2-6-14/h4-5H,1-3,6-8,14H2. The molecule has 0 saturated carbocycles. The van der Waals surface area contributed by atoms with Crippen molar-refractivity contribution in [2.75, 3.05) is 13.3 Å². The van der Waals surface area contributed by atoms with E-state index >= 15 is 0 Å². The van der Waals surface area contributed by atoms with Gasteiger partial charge in [0.1, 0.15) is 5.75 Å². The molecule has 88 valence electrons. The van der Waals surface area contributed by atoms with Gasteiger partial charge >= 0.3 is 0 Å². The highest BCUT2D eigenvalue weighted by atomic mass is 35.5. The number of fused-ring (bicyclic) bond motifs is 1. The lowest BCUT2D eigenvalue weighted by Crippen LogP contribution is -2.13. The van der Waals surface area contributed by atoms with Gasteiger partial charge in [0.15, 0.2) is 6.79 Å². The lowest BCUT2D eigenvalue weighted by atomic mass is 10.0. The lowest BCUT2D eigenvalue weighted by Gasteiger charge is -2.21. The van der Waals surface area contributed by atoms with Crippen LogP contribution in [0.1, 0.15) is 24.0 Å². The van der Waals surface area contributed by atoms with Crippen LogP contribution < -0.4 is 10.5 Å². The van der Waals surface area contributed by atoms with Crippen LogP contribution in [0.2, 0.25) is 5.02 Å². The first-order valence-corrected chi connectivity index (χ1v) is 5.91. The van der Waals surface area contributed by atoms with E-state index in [1.165, 1.54) is 0 Å². The fourth-order valence-corrected chi connectivity index (χ4v) is 2.17. The van der Waals surface area contributed by atoms with Gasteiger partial charge in [0.2, 0.25) is 0 Å². The van der Waals surface area contributed by atoms with E-state index in [9.17, 15) is 0 Å². The lowest BCUT2D eigenvalue weighted by molar-refractivity contribution is -0.0168. The van der Waals surface area contributed by atoms with E-state index < -0.39 is 0 Å². The van der Waals surface area contributed by atoms with Crippen LogP contribution in [0.4, 0.5) is 0 Å². The van der Waals surface area contributed by atoms with Crippen molar-refractivity contribution < 1.29 is 9.47 Å². The SMILES string of the molecule is NCCCCc1c(Cl)ccc2c1COCO2. The van der Waals surface area contributed by atoms with Crippen LogP contribution in [0.5, 0.6) is 5.75 Å². The van der Waals surface area contributed by atoms with Crippen molar-refractivity contribution in [2.24, 2.45) is 5.73 Å². The van der Waals surface area contributed by atoms with E-state index in [4.69, 9.17) is 26.8 Å². The molecule has 0 fully saturated rings. The van der Waals surface area contributed by atoms with Crippen LogP contribution in [-0.2, 0) is 17.8 Å². The summed E-state index contributed by atoms with van der Waals surface area (Å²) >= 11 is 6.20. The highest BCUT2D eigenvalue weighted by Crippen LogP contribution is 2.32. The maximum absolute atomic E-state index is 6.20. The number of ether oxygens (including phenoxy) is 2. The van der Waals surface area contributed by atoms with Crippen LogP contribution >= 0.6 is 11.6 Å². The van der Waals surface area contributed by atoms with Gasteiger partial charge in [0.05, 0.1) is 6.61 Å². The Morgan fingerprint density at radius 3 is 3.00 bits per heavy atom. The minimum Gasteiger partial charge on any atom is -0.467 e. The molecule has 0 spiro atoms. The average Bonchev–Trinajstić information content (AvgIpc) is 2.32. The van der Waals surface area contributed by atoms with E-state index in [2.05, 4.69) is 0 Å². The highest BCUT2D eigenvalue weighted by Gasteiger charge is 2.16. The molecule has 0 atom stereocenters. The first-order chi connectivity index (χ1) is 7.83. The molecule has 3 nitrogen and oxygen atoms in total. The van der Waals surface area contributed by atoms with Gasteiger partial charge in [-0.25, -0.2) is 0 Å². The molecular formula is C12H16ClNO2. The Kier molecular flexibility index (Phi) is 4.04. The van der Waals surface area contributed by atoms with Crippen LogP contribution in [0, 0.1) is 0 Å². The summed E-state index contributed by atoms with van der Waals surface area (Å²) in [4.78, 5) is 0. The molecule has 0 aliphatic carbocycles. The summed E-state index contributed by atoms with van der Waals surface area (Å²) in [6.45, 7) is 1.64. The molecule has 1 aliphatic rings. The van der Waals surface area contributed by atoms with Gasteiger partial charge in [-0.1, -0.05) is 11.6 Å². The summed E-state index contributed by atoms with van der Waals surface area (Å²) in [5.41, 5.74) is 7.73. The Bertz CT molecular complexity index is 368. The molecule has 1 aromatic rings. The average molecular weight is 242 g/mol. The second kappa shape index (κ2) is 5.53. The highest BCUT2D eigenvalue weighted by molar-refractivity contribution is 6.31. The molecule has 1 aromatic carbocycles. The van der Waals surface area contributed by atoms with Crippen LogP contribution in [0.3, 0.4) is 0 Å². The third-order valence-electron chi connectivity index (χ3n) is 2.76. The van der Waals surface area contributed by atoms with E-state index in [-0.39, 0.29) is 0 Å². The minimum atomic E-state index is 0.330. The summed E-state index contributed by atoms with van der Waals surface area (Å²) < 4.78 is 10.7. The third kappa shape index (κ3) is 2.48. The van der Waals surface area contributed by atoms with Gasteiger partial charge in [-0.3, -0.25) is 0 Å². The van der Waals surface area contributed by atoms with Crippen molar-refractivity contribution in [1.82, 2.24) is 0 Å². The number of unbranched alkanes of at least 4 members (excludes halogenated alkanes) is 1. The fraction of sp³-hybridized carbons (Fsp3) is 0.500. The Balaban J connectivity index is 2.20. The van der Waals surface area contributed by atoms with Crippen LogP contribution in [0.25, 0.3) is 0 Å². The number of hydrogen-bond acceptors (Lipinski definition) is 3. The van der Waals surface area contributed by atoms with Crippen molar-refractivity contribution >= 4 is 11.6 Å². The summed E-state index contributed by atoms with van der Waals surface area (Å²) in [6, 6.07) is 3.80. The largest absolute Gasteiger partial charge is 0.467 e. The van der Waals surface area contributed by atoms with Crippen LogP contribution in [0.15, 0.2) is 12.1 Å². The van der Waals surface area contributed by atoms with E-state index in [0.717, 1.165) is 47.7 Å². The molecule has 2 rings (SSSR count). The van der Waals surface area contributed by atoms with E-state index in [1.54, 1.807) is 0 Å². The zero-order chi connectivity index (χ0) is 11.4. The quantitative estimate of drug-likeness (QED) is 0.824. The van der Waals surface area contributed by atoms with Gasteiger partial charge < -0.3 is 15.2 Å². The zero-order valence-corrected chi connectivity index (χ0v) is 9.93. The number of nitrogens with two attached hydrogens (primary N) is 1. The van der Waals surface area contributed by atoms with Gasteiger partial charge in [-0.05, 0) is 43.5 Å². The monoisotopic (exact) mass is 241 g/mol. The van der Waals surface area contributed by atoms with Crippen molar-refractivity contribution in [1.29, 1.82) is 0 Å². The number of rotatable bonds is 4. The predicted molar refractivity (Wildman–Crippen MR) is 63.7 cm³/mol. The smallest absolute Gasteiger partial charge is 0.189 e. The summed E-state index contributed by atoms with van der Waals surface area (Å²) in [6.07, 6.45) is 3.00. The molecule has 0 saturated heterocycles. The topological polar surface area (TPSA) is 44.5 Å².